The van der Waals surface area contributed by atoms with Gasteiger partial charge in [0.15, 0.2) is 0 Å². The SMILES string of the molecule is CC(C)(C)[Si](C)(N(B(F)F)[Si](F)(C(C)(C)C)C(C)(C)C)C(C)(C)C. The first-order valence-electron chi connectivity index (χ1n) is 8.83. The molecule has 0 aromatic carbocycles. The molecule has 24 heavy (non-hydrogen) atoms. The Hall–Kier alpha value is 0.249. The summed E-state index contributed by atoms with van der Waals surface area (Å²) < 4.78 is 47.2. The minimum absolute atomic E-state index is 0.386. The molecule has 0 amide bonds. The molecule has 7 heteroatoms. The van der Waals surface area contributed by atoms with Crippen LogP contribution >= 0.6 is 0 Å². The van der Waals surface area contributed by atoms with E-state index in [0.717, 1.165) is 4.14 Å². The third kappa shape index (κ3) is 3.68. The summed E-state index contributed by atoms with van der Waals surface area (Å²) in [4.78, 5) is 0. The lowest BCUT2D eigenvalue weighted by Crippen LogP contribution is -2.78. The van der Waals surface area contributed by atoms with Crippen LogP contribution in [0.1, 0.15) is 83.1 Å². The van der Waals surface area contributed by atoms with E-state index in [1.54, 1.807) is 41.5 Å². The first kappa shape index (κ1) is 24.2. The monoisotopic (exact) mass is 381 g/mol. The fraction of sp³-hybridized carbons (Fsp3) is 1.00. The van der Waals surface area contributed by atoms with Gasteiger partial charge in [0, 0.05) is 0 Å². The molecule has 0 aliphatic carbocycles. The zero-order valence-electron chi connectivity index (χ0n) is 18.2. The number of halogens is 3. The predicted molar refractivity (Wildman–Crippen MR) is 107 cm³/mol. The second kappa shape index (κ2) is 6.45. The molecule has 0 unspecified atom stereocenters. The standard InChI is InChI=1S/C17H39BF3NSi2/c1-14(2,3)23(13,15(4,5)6)22(18(19)20)24(21,16(7,8)9)17(10,11)12/h1-13H3. The molecule has 0 saturated heterocycles. The highest BCUT2D eigenvalue weighted by Crippen LogP contribution is 2.62. The fourth-order valence-corrected chi connectivity index (χ4v) is 18.9. The second-order valence-corrected chi connectivity index (χ2v) is 22.1. The third-order valence-corrected chi connectivity index (χ3v) is 20.0. The number of hydrogen-bond donors (Lipinski definition) is 0. The normalized spacial score (nSPS) is 15.9. The molecule has 0 aromatic heterocycles. The van der Waals surface area contributed by atoms with Gasteiger partial charge in [-0.25, -0.2) is 0 Å². The zero-order valence-corrected chi connectivity index (χ0v) is 20.2. The number of rotatable bonds is 3. The van der Waals surface area contributed by atoms with Crippen molar-refractivity contribution >= 4 is 24.2 Å². The zero-order chi connectivity index (χ0) is 20.2. The van der Waals surface area contributed by atoms with Crippen LogP contribution in [0.3, 0.4) is 0 Å². The second-order valence-electron chi connectivity index (χ2n) is 11.3. The van der Waals surface area contributed by atoms with E-state index in [2.05, 4.69) is 0 Å². The molecule has 0 heterocycles. The van der Waals surface area contributed by atoms with Gasteiger partial charge < -0.3 is 0 Å². The van der Waals surface area contributed by atoms with Crippen molar-refractivity contribution in [3.63, 3.8) is 0 Å². The summed E-state index contributed by atoms with van der Waals surface area (Å²) in [6, 6.07) is 0. The van der Waals surface area contributed by atoms with E-state index in [4.69, 9.17) is 0 Å². The van der Waals surface area contributed by atoms with Crippen LogP contribution in [-0.4, -0.2) is 28.3 Å². The molecular formula is C17H39BF3NSi2. The molecule has 144 valence electrons. The average molecular weight is 381 g/mol. The summed E-state index contributed by atoms with van der Waals surface area (Å²) >= 11 is 0. The Morgan fingerprint density at radius 3 is 1.00 bits per heavy atom. The quantitative estimate of drug-likeness (QED) is 0.364. The summed E-state index contributed by atoms with van der Waals surface area (Å²) in [6.45, 7) is 24.7. The van der Waals surface area contributed by atoms with Crippen molar-refractivity contribution in [1.82, 2.24) is 4.14 Å². The van der Waals surface area contributed by atoms with Crippen LogP contribution in [-0.2, 0) is 0 Å². The summed E-state index contributed by atoms with van der Waals surface area (Å²) in [5, 5.41) is -2.40. The van der Waals surface area contributed by atoms with Crippen molar-refractivity contribution < 1.29 is 12.7 Å². The van der Waals surface area contributed by atoms with Gasteiger partial charge in [-0.3, -0.25) is 16.9 Å². The van der Waals surface area contributed by atoms with E-state index in [-0.39, 0.29) is 10.1 Å². The van der Waals surface area contributed by atoms with Crippen LogP contribution < -0.4 is 0 Å². The number of hydrogen-bond acceptors (Lipinski definition) is 1. The van der Waals surface area contributed by atoms with E-state index < -0.39 is 34.3 Å². The van der Waals surface area contributed by atoms with Gasteiger partial charge in [-0.2, -0.15) is 0 Å². The van der Waals surface area contributed by atoms with Crippen LogP contribution in [0.25, 0.3) is 0 Å². The molecule has 0 bridgehead atoms. The highest BCUT2D eigenvalue weighted by molar-refractivity contribution is 7.01. The van der Waals surface area contributed by atoms with Gasteiger partial charge in [0.2, 0.25) is 0 Å². The maximum absolute atomic E-state index is 16.9. The average Bonchev–Trinajstić information content (AvgIpc) is 2.21. The molecule has 0 aliphatic rings. The van der Waals surface area contributed by atoms with Crippen molar-refractivity contribution in [3.05, 3.63) is 0 Å². The van der Waals surface area contributed by atoms with E-state index >= 15 is 4.11 Å². The molecule has 0 saturated carbocycles. The van der Waals surface area contributed by atoms with Crippen LogP contribution in [0.4, 0.5) is 12.7 Å². The van der Waals surface area contributed by atoms with Crippen molar-refractivity contribution in [2.45, 2.75) is 110 Å². The van der Waals surface area contributed by atoms with Gasteiger partial charge in [-0.15, -0.1) is 0 Å². The Balaban J connectivity index is 7.01. The molecular weight excluding hydrogens is 342 g/mol. The van der Waals surface area contributed by atoms with Gasteiger partial charge in [-0.1, -0.05) is 89.6 Å². The van der Waals surface area contributed by atoms with Gasteiger partial charge in [0.1, 0.15) is 8.24 Å². The van der Waals surface area contributed by atoms with Gasteiger partial charge in [0.25, 0.3) is 0 Å². The van der Waals surface area contributed by atoms with Crippen LogP contribution in [0.2, 0.25) is 26.7 Å². The molecule has 0 radical (unpaired) electrons. The van der Waals surface area contributed by atoms with Crippen molar-refractivity contribution in [1.29, 1.82) is 0 Å². The molecule has 0 N–H and O–H groups in total. The highest BCUT2D eigenvalue weighted by Gasteiger charge is 2.71. The van der Waals surface area contributed by atoms with Crippen molar-refractivity contribution in [2.75, 3.05) is 0 Å². The van der Waals surface area contributed by atoms with E-state index in [0.29, 0.717) is 0 Å². The van der Waals surface area contributed by atoms with Crippen LogP contribution in [0.5, 0.6) is 0 Å². The first-order chi connectivity index (χ1) is 10.1. The maximum atomic E-state index is 16.9. The number of nitrogens with zero attached hydrogens (tertiary/aromatic N) is 1. The summed E-state index contributed by atoms with van der Waals surface area (Å²) in [5.41, 5.74) is 0. The van der Waals surface area contributed by atoms with Crippen LogP contribution in [0, 0.1) is 0 Å². The smallest absolute Gasteiger partial charge is 0.300 e. The minimum atomic E-state index is -4.06. The van der Waals surface area contributed by atoms with Crippen molar-refractivity contribution in [3.8, 4) is 0 Å². The largest absolute Gasteiger partial charge is 0.624 e. The molecule has 0 spiro atoms. The summed E-state index contributed by atoms with van der Waals surface area (Å²) in [6.07, 6.45) is 0. The molecule has 0 aromatic rings. The first-order valence-corrected chi connectivity index (χ1v) is 13.1. The Bertz CT molecular complexity index is 377. The summed E-state index contributed by atoms with van der Waals surface area (Å²) in [7, 11) is -9.77. The predicted octanol–water partition coefficient (Wildman–Crippen LogP) is 7.40. The van der Waals surface area contributed by atoms with Gasteiger partial charge in [-0.05, 0) is 20.2 Å². The minimum Gasteiger partial charge on any atom is -0.300 e. The van der Waals surface area contributed by atoms with E-state index in [1.807, 2.05) is 48.1 Å². The Morgan fingerprint density at radius 2 is 0.875 bits per heavy atom. The molecule has 0 rings (SSSR count). The Morgan fingerprint density at radius 1 is 0.625 bits per heavy atom. The highest BCUT2D eigenvalue weighted by atomic mass is 28.4. The van der Waals surface area contributed by atoms with Crippen molar-refractivity contribution in [2.24, 2.45) is 0 Å². The van der Waals surface area contributed by atoms with E-state index in [1.165, 1.54) is 0 Å². The molecule has 1 nitrogen and oxygen atoms in total. The summed E-state index contributed by atoms with van der Waals surface area (Å²) in [5.74, 6) is 0. The lowest BCUT2D eigenvalue weighted by atomic mass is 10.2. The Kier molecular flexibility index (Phi) is 6.51. The Labute approximate surface area is 151 Å². The molecule has 0 aliphatic heterocycles. The lowest BCUT2D eigenvalue weighted by molar-refractivity contribution is 0.410. The van der Waals surface area contributed by atoms with Crippen LogP contribution in [0.15, 0.2) is 0 Å². The van der Waals surface area contributed by atoms with Gasteiger partial charge >= 0.3 is 16.0 Å². The van der Waals surface area contributed by atoms with E-state index in [9.17, 15) is 8.63 Å². The molecule has 0 fully saturated rings. The lowest BCUT2D eigenvalue weighted by Gasteiger charge is -2.63. The fourth-order valence-electron chi connectivity index (χ4n) is 4.33. The topological polar surface area (TPSA) is 3.24 Å². The third-order valence-electron chi connectivity index (χ3n) is 5.92. The maximum Gasteiger partial charge on any atom is 0.624 e. The van der Waals surface area contributed by atoms with Gasteiger partial charge in [0.05, 0.1) is 0 Å². The molecule has 0 atom stereocenters.